The zero-order valence-electron chi connectivity index (χ0n) is 14.5. The van der Waals surface area contributed by atoms with Crippen molar-refractivity contribution in [3.63, 3.8) is 0 Å². The van der Waals surface area contributed by atoms with Gasteiger partial charge in [-0.1, -0.05) is 18.1 Å². The molecule has 1 aliphatic heterocycles. The molecule has 1 amide bonds. The van der Waals surface area contributed by atoms with Gasteiger partial charge >= 0.3 is 12.1 Å². The van der Waals surface area contributed by atoms with Crippen LogP contribution in [0.15, 0.2) is 35.2 Å². The van der Waals surface area contributed by atoms with Crippen molar-refractivity contribution in [2.24, 2.45) is 0 Å². The van der Waals surface area contributed by atoms with Crippen LogP contribution in [0.4, 0.5) is 4.79 Å². The second kappa shape index (κ2) is 10.3. The number of furan rings is 1. The number of rotatable bonds is 8. The maximum atomic E-state index is 12.0. The second-order valence-electron chi connectivity index (χ2n) is 5.99. The summed E-state index contributed by atoms with van der Waals surface area (Å²) in [4.78, 5) is 23.9. The molecule has 7 nitrogen and oxygen atoms in total. The van der Waals surface area contributed by atoms with Crippen LogP contribution in [0.1, 0.15) is 31.2 Å². The SMILES string of the molecule is O=C(O)CCCC#CCN1C(=O)OCC[C@@H]1C=CC(O)Cc1ccoc1. The fourth-order valence-electron chi connectivity index (χ4n) is 2.56. The third kappa shape index (κ3) is 6.65. The molecule has 7 heteroatoms. The number of carbonyl (C=O) groups is 2. The van der Waals surface area contributed by atoms with E-state index in [-0.39, 0.29) is 19.0 Å². The Hall–Kier alpha value is -2.72. The average Bonchev–Trinajstić information content (AvgIpc) is 3.10. The van der Waals surface area contributed by atoms with Gasteiger partial charge in [0, 0.05) is 25.7 Å². The van der Waals surface area contributed by atoms with Gasteiger partial charge in [0.2, 0.25) is 0 Å². The van der Waals surface area contributed by atoms with E-state index in [4.69, 9.17) is 14.3 Å². The van der Waals surface area contributed by atoms with E-state index in [1.54, 1.807) is 30.7 Å². The summed E-state index contributed by atoms with van der Waals surface area (Å²) in [5.41, 5.74) is 0.897. The third-order valence-corrected chi connectivity index (χ3v) is 3.92. The minimum atomic E-state index is -0.842. The van der Waals surface area contributed by atoms with Crippen molar-refractivity contribution < 1.29 is 29.0 Å². The molecule has 0 aliphatic carbocycles. The van der Waals surface area contributed by atoms with Crippen LogP contribution in [0.2, 0.25) is 0 Å². The summed E-state index contributed by atoms with van der Waals surface area (Å²) in [6.45, 7) is 0.535. The van der Waals surface area contributed by atoms with Crippen molar-refractivity contribution in [2.75, 3.05) is 13.2 Å². The van der Waals surface area contributed by atoms with Crippen LogP contribution in [-0.4, -0.2) is 52.5 Å². The van der Waals surface area contributed by atoms with Gasteiger partial charge in [-0.15, -0.1) is 5.92 Å². The number of hydrogen-bond donors (Lipinski definition) is 2. The molecule has 2 N–H and O–H groups in total. The molecule has 0 radical (unpaired) electrons. The monoisotopic (exact) mass is 361 g/mol. The standard InChI is InChI=1S/C19H23NO6/c21-17(13-15-8-11-25-14-15)7-6-16-9-12-26-19(24)20(16)10-4-2-1-3-5-18(22)23/h6-8,11,14,16-17,21H,1,3,5,9-10,12-13H2,(H,22,23)/t16-,17?/m0/s1. The Morgan fingerprint density at radius 3 is 3.04 bits per heavy atom. The summed E-state index contributed by atoms with van der Waals surface area (Å²) in [7, 11) is 0. The Morgan fingerprint density at radius 2 is 2.31 bits per heavy atom. The highest BCUT2D eigenvalue weighted by Gasteiger charge is 2.27. The molecule has 1 aromatic rings. The molecule has 0 aromatic carbocycles. The smallest absolute Gasteiger partial charge is 0.411 e. The van der Waals surface area contributed by atoms with Crippen LogP contribution in [0, 0.1) is 11.8 Å². The topological polar surface area (TPSA) is 100 Å². The normalized spacial score (nSPS) is 18.3. The van der Waals surface area contributed by atoms with Gasteiger partial charge in [0.1, 0.15) is 0 Å². The number of amides is 1. The maximum Gasteiger partial charge on any atom is 0.411 e. The Morgan fingerprint density at radius 1 is 1.46 bits per heavy atom. The molecule has 2 atom stereocenters. The minimum absolute atomic E-state index is 0.0837. The summed E-state index contributed by atoms with van der Waals surface area (Å²) < 4.78 is 10.0. The largest absolute Gasteiger partial charge is 0.481 e. The number of aliphatic hydroxyl groups excluding tert-OH is 1. The lowest BCUT2D eigenvalue weighted by Crippen LogP contribution is -2.44. The van der Waals surface area contributed by atoms with Gasteiger partial charge in [-0.25, -0.2) is 4.79 Å². The first-order chi connectivity index (χ1) is 12.6. The minimum Gasteiger partial charge on any atom is -0.481 e. The van der Waals surface area contributed by atoms with Gasteiger partial charge in [0.25, 0.3) is 0 Å². The third-order valence-electron chi connectivity index (χ3n) is 3.92. The number of cyclic esters (lactones) is 1. The van der Waals surface area contributed by atoms with Crippen molar-refractivity contribution in [3.8, 4) is 11.8 Å². The molecule has 140 valence electrons. The predicted octanol–water partition coefficient (Wildman–Crippen LogP) is 2.21. The molecule has 0 spiro atoms. The van der Waals surface area contributed by atoms with E-state index in [1.807, 2.05) is 0 Å². The molecule has 1 aliphatic rings. The Bertz CT molecular complexity index is 670. The lowest BCUT2D eigenvalue weighted by Gasteiger charge is -2.31. The number of aliphatic hydroxyl groups is 1. The van der Waals surface area contributed by atoms with Crippen LogP contribution < -0.4 is 0 Å². The van der Waals surface area contributed by atoms with Crippen LogP contribution in [0.25, 0.3) is 0 Å². The molecule has 1 aromatic heterocycles. The number of carbonyl (C=O) groups excluding carboxylic acids is 1. The zero-order chi connectivity index (χ0) is 18.8. The lowest BCUT2D eigenvalue weighted by atomic mass is 10.1. The first-order valence-electron chi connectivity index (χ1n) is 8.54. The average molecular weight is 361 g/mol. The fourth-order valence-corrected chi connectivity index (χ4v) is 2.56. The van der Waals surface area contributed by atoms with Gasteiger partial charge in [0.05, 0.1) is 37.8 Å². The second-order valence-corrected chi connectivity index (χ2v) is 5.99. The number of unbranched alkanes of at least 4 members (excludes halogenated alkanes) is 1. The first kappa shape index (κ1) is 19.6. The summed E-state index contributed by atoms with van der Waals surface area (Å²) in [5.74, 6) is 4.92. The van der Waals surface area contributed by atoms with E-state index in [0.29, 0.717) is 32.3 Å². The van der Waals surface area contributed by atoms with E-state index in [2.05, 4.69) is 11.8 Å². The Kier molecular flexibility index (Phi) is 7.77. The van der Waals surface area contributed by atoms with Crippen LogP contribution in [0.5, 0.6) is 0 Å². The number of hydrogen-bond acceptors (Lipinski definition) is 5. The van der Waals surface area contributed by atoms with Crippen LogP contribution >= 0.6 is 0 Å². The molecule has 1 saturated heterocycles. The summed E-state index contributed by atoms with van der Waals surface area (Å²) in [5, 5.41) is 18.7. The zero-order valence-corrected chi connectivity index (χ0v) is 14.5. The van der Waals surface area contributed by atoms with Crippen molar-refractivity contribution in [1.82, 2.24) is 4.90 Å². The molecular weight excluding hydrogens is 338 g/mol. The van der Waals surface area contributed by atoms with Crippen LogP contribution in [0.3, 0.4) is 0 Å². The van der Waals surface area contributed by atoms with Gasteiger partial charge in [-0.2, -0.15) is 0 Å². The quantitative estimate of drug-likeness (QED) is 0.418. The van der Waals surface area contributed by atoms with E-state index in [1.165, 1.54) is 4.90 Å². The van der Waals surface area contributed by atoms with Gasteiger partial charge < -0.3 is 19.4 Å². The van der Waals surface area contributed by atoms with Crippen LogP contribution in [-0.2, 0) is 16.0 Å². The molecule has 0 saturated carbocycles. The van der Waals surface area contributed by atoms with E-state index < -0.39 is 18.2 Å². The highest BCUT2D eigenvalue weighted by molar-refractivity contribution is 5.69. The van der Waals surface area contributed by atoms with E-state index in [9.17, 15) is 14.7 Å². The predicted molar refractivity (Wildman–Crippen MR) is 93.3 cm³/mol. The molecular formula is C19H23NO6. The highest BCUT2D eigenvalue weighted by atomic mass is 16.6. The van der Waals surface area contributed by atoms with Gasteiger partial charge in [-0.05, 0) is 18.1 Å². The van der Waals surface area contributed by atoms with Gasteiger partial charge in [-0.3, -0.25) is 9.69 Å². The Balaban J connectivity index is 1.86. The van der Waals surface area contributed by atoms with E-state index >= 15 is 0 Å². The number of carboxylic acids is 1. The number of ether oxygens (including phenoxy) is 1. The molecule has 26 heavy (non-hydrogen) atoms. The summed E-state index contributed by atoms with van der Waals surface area (Å²) in [6, 6.07) is 1.60. The lowest BCUT2D eigenvalue weighted by molar-refractivity contribution is -0.137. The maximum absolute atomic E-state index is 12.0. The van der Waals surface area contributed by atoms with E-state index in [0.717, 1.165) is 5.56 Å². The number of carboxylic acid groups (broad SMARTS) is 1. The van der Waals surface area contributed by atoms with Crippen molar-refractivity contribution >= 4 is 12.1 Å². The van der Waals surface area contributed by atoms with Gasteiger partial charge in [0.15, 0.2) is 0 Å². The number of nitrogens with zero attached hydrogens (tertiary/aromatic N) is 1. The van der Waals surface area contributed by atoms with Crippen molar-refractivity contribution in [1.29, 1.82) is 0 Å². The summed E-state index contributed by atoms with van der Waals surface area (Å²) >= 11 is 0. The highest BCUT2D eigenvalue weighted by Crippen LogP contribution is 2.15. The molecule has 2 rings (SSSR count). The fraction of sp³-hybridized carbons (Fsp3) is 0.474. The molecule has 0 bridgehead atoms. The first-order valence-corrected chi connectivity index (χ1v) is 8.54. The van der Waals surface area contributed by atoms with Crippen molar-refractivity contribution in [2.45, 2.75) is 44.2 Å². The molecule has 1 fully saturated rings. The molecule has 1 unspecified atom stereocenters. The molecule has 2 heterocycles. The van der Waals surface area contributed by atoms with Crippen molar-refractivity contribution in [3.05, 3.63) is 36.3 Å². The summed E-state index contributed by atoms with van der Waals surface area (Å²) in [6.07, 6.45) is 7.61. The Labute approximate surface area is 152 Å². The number of aliphatic carboxylic acids is 1.